The maximum Gasteiger partial charge on any atom is 0.254 e. The van der Waals surface area contributed by atoms with Crippen molar-refractivity contribution in [2.24, 2.45) is 5.41 Å². The Morgan fingerprint density at radius 3 is 2.50 bits per heavy atom. The van der Waals surface area contributed by atoms with Crippen LogP contribution in [-0.2, 0) is 4.79 Å². The van der Waals surface area contributed by atoms with Crippen LogP contribution in [0, 0.1) is 11.2 Å². The van der Waals surface area contributed by atoms with Crippen LogP contribution in [0.1, 0.15) is 31.1 Å². The van der Waals surface area contributed by atoms with Crippen LogP contribution in [0.3, 0.4) is 0 Å². The zero-order valence-corrected chi connectivity index (χ0v) is 12.1. The molecule has 1 N–H and O–H groups in total. The highest BCUT2D eigenvalue weighted by Gasteiger charge is 2.22. The number of benzene rings is 1. The monoisotopic (exact) mass is 315 g/mol. The van der Waals surface area contributed by atoms with Gasteiger partial charge < -0.3 is 5.32 Å². The second kappa shape index (κ2) is 5.61. The Bertz CT molecular complexity index is 480. The minimum Gasteiger partial charge on any atom is -0.345 e. The summed E-state index contributed by atoms with van der Waals surface area (Å²) in [6.07, 6.45) is 0. The zero-order valence-electron chi connectivity index (χ0n) is 10.5. The van der Waals surface area contributed by atoms with Gasteiger partial charge >= 0.3 is 0 Å². The number of amides is 1. The number of Topliss-reactive ketones (excluding diaryl/α,β-unsaturated/α-hetero) is 1. The standard InChI is InChI=1S/C13H15BrFNO2/c1-13(2,3)10(17)7-16-12(18)8-5-4-6-9(14)11(8)15/h4-6H,7H2,1-3H3,(H,16,18). The van der Waals surface area contributed by atoms with Gasteiger partial charge in [-0.25, -0.2) is 4.39 Å². The Labute approximate surface area is 114 Å². The number of ketones is 1. The van der Waals surface area contributed by atoms with Gasteiger partial charge in [0.05, 0.1) is 16.6 Å². The lowest BCUT2D eigenvalue weighted by molar-refractivity contribution is -0.125. The van der Waals surface area contributed by atoms with E-state index in [9.17, 15) is 14.0 Å². The van der Waals surface area contributed by atoms with Crippen LogP contribution in [0.2, 0.25) is 0 Å². The van der Waals surface area contributed by atoms with E-state index < -0.39 is 17.1 Å². The van der Waals surface area contributed by atoms with Crippen LogP contribution in [0.4, 0.5) is 4.39 Å². The minimum absolute atomic E-state index is 0.0777. The van der Waals surface area contributed by atoms with Gasteiger partial charge in [-0.2, -0.15) is 0 Å². The van der Waals surface area contributed by atoms with E-state index in [0.29, 0.717) is 0 Å². The van der Waals surface area contributed by atoms with Crippen LogP contribution >= 0.6 is 15.9 Å². The molecule has 0 aliphatic heterocycles. The average Bonchev–Trinajstić information content (AvgIpc) is 2.27. The summed E-state index contributed by atoms with van der Waals surface area (Å²) in [5, 5.41) is 2.42. The molecule has 18 heavy (non-hydrogen) atoms. The molecular weight excluding hydrogens is 301 g/mol. The number of hydrogen-bond acceptors (Lipinski definition) is 2. The maximum atomic E-state index is 13.6. The highest BCUT2D eigenvalue weighted by Crippen LogP contribution is 2.18. The topological polar surface area (TPSA) is 46.2 Å². The molecule has 1 amide bonds. The van der Waals surface area contributed by atoms with Crippen LogP contribution in [0.25, 0.3) is 0 Å². The molecule has 0 heterocycles. The van der Waals surface area contributed by atoms with E-state index in [4.69, 9.17) is 0 Å². The van der Waals surface area contributed by atoms with E-state index in [0.717, 1.165) is 0 Å². The lowest BCUT2D eigenvalue weighted by Crippen LogP contribution is -2.35. The number of carbonyl (C=O) groups is 2. The van der Waals surface area contributed by atoms with Crippen LogP contribution in [-0.4, -0.2) is 18.2 Å². The van der Waals surface area contributed by atoms with Crippen LogP contribution < -0.4 is 5.32 Å². The molecule has 5 heteroatoms. The number of rotatable bonds is 3. The van der Waals surface area contributed by atoms with E-state index >= 15 is 0 Å². The van der Waals surface area contributed by atoms with Crippen molar-refractivity contribution in [3.05, 3.63) is 34.1 Å². The predicted molar refractivity (Wildman–Crippen MR) is 70.9 cm³/mol. The van der Waals surface area contributed by atoms with Crippen molar-refractivity contribution in [1.29, 1.82) is 0 Å². The average molecular weight is 316 g/mol. The Hall–Kier alpha value is -1.23. The SMILES string of the molecule is CC(C)(C)C(=O)CNC(=O)c1cccc(Br)c1F. The van der Waals surface area contributed by atoms with Gasteiger partial charge in [0.25, 0.3) is 5.91 Å². The van der Waals surface area contributed by atoms with Gasteiger partial charge in [0.2, 0.25) is 0 Å². The van der Waals surface area contributed by atoms with Crippen LogP contribution in [0.15, 0.2) is 22.7 Å². The first-order chi connectivity index (χ1) is 8.23. The highest BCUT2D eigenvalue weighted by atomic mass is 79.9. The fraction of sp³-hybridized carbons (Fsp3) is 0.385. The van der Waals surface area contributed by atoms with Gasteiger partial charge in [-0.15, -0.1) is 0 Å². The molecule has 0 aliphatic rings. The molecule has 0 fully saturated rings. The van der Waals surface area contributed by atoms with E-state index in [2.05, 4.69) is 21.2 Å². The van der Waals surface area contributed by atoms with Gasteiger partial charge in [0, 0.05) is 5.41 Å². The van der Waals surface area contributed by atoms with Crippen molar-refractivity contribution < 1.29 is 14.0 Å². The Balaban J connectivity index is 2.73. The molecule has 1 aromatic carbocycles. The summed E-state index contributed by atoms with van der Waals surface area (Å²) in [6, 6.07) is 4.44. The van der Waals surface area contributed by atoms with E-state index in [1.165, 1.54) is 12.1 Å². The number of carbonyl (C=O) groups excluding carboxylic acids is 2. The Kier molecular flexibility index (Phi) is 4.62. The zero-order chi connectivity index (χ0) is 13.9. The molecule has 0 unspecified atom stereocenters. The summed E-state index contributed by atoms with van der Waals surface area (Å²) >= 11 is 3.00. The third-order valence-electron chi connectivity index (χ3n) is 2.44. The summed E-state index contributed by atoms with van der Waals surface area (Å²) in [6.45, 7) is 5.19. The first-order valence-corrected chi connectivity index (χ1v) is 6.28. The maximum absolute atomic E-state index is 13.6. The molecule has 0 aromatic heterocycles. The molecule has 1 rings (SSSR count). The first-order valence-electron chi connectivity index (χ1n) is 5.49. The highest BCUT2D eigenvalue weighted by molar-refractivity contribution is 9.10. The van der Waals surface area contributed by atoms with Gasteiger partial charge in [0.15, 0.2) is 5.78 Å². The van der Waals surface area contributed by atoms with E-state index in [1.54, 1.807) is 26.8 Å². The molecular formula is C13H15BrFNO2. The normalized spacial score (nSPS) is 11.2. The molecule has 1 aromatic rings. The molecule has 0 bridgehead atoms. The van der Waals surface area contributed by atoms with Gasteiger partial charge in [0.1, 0.15) is 5.82 Å². The summed E-state index contributed by atoms with van der Waals surface area (Å²) in [5.74, 6) is -1.32. The van der Waals surface area contributed by atoms with E-state index in [-0.39, 0.29) is 22.4 Å². The summed E-state index contributed by atoms with van der Waals surface area (Å²) in [5.41, 5.74) is -0.602. The second-order valence-corrected chi connectivity index (χ2v) is 5.81. The second-order valence-electron chi connectivity index (χ2n) is 4.96. The number of nitrogens with one attached hydrogen (secondary N) is 1. The van der Waals surface area contributed by atoms with Crippen molar-refractivity contribution in [1.82, 2.24) is 5.32 Å². The predicted octanol–water partition coefficient (Wildman–Crippen LogP) is 2.93. The van der Waals surface area contributed by atoms with Crippen molar-refractivity contribution in [3.63, 3.8) is 0 Å². The van der Waals surface area contributed by atoms with Crippen molar-refractivity contribution in [3.8, 4) is 0 Å². The Morgan fingerprint density at radius 2 is 1.94 bits per heavy atom. The molecule has 0 atom stereocenters. The summed E-state index contributed by atoms with van der Waals surface area (Å²) in [4.78, 5) is 23.4. The largest absolute Gasteiger partial charge is 0.345 e. The van der Waals surface area contributed by atoms with E-state index in [1.807, 2.05) is 0 Å². The summed E-state index contributed by atoms with van der Waals surface area (Å²) < 4.78 is 13.8. The molecule has 0 radical (unpaired) electrons. The fourth-order valence-corrected chi connectivity index (χ4v) is 1.57. The quantitative estimate of drug-likeness (QED) is 0.932. The molecule has 3 nitrogen and oxygen atoms in total. The minimum atomic E-state index is -0.627. The van der Waals surface area contributed by atoms with Crippen molar-refractivity contribution >= 4 is 27.6 Å². The molecule has 98 valence electrons. The lowest BCUT2D eigenvalue weighted by atomic mass is 9.91. The van der Waals surface area contributed by atoms with Crippen LogP contribution in [0.5, 0.6) is 0 Å². The molecule has 0 saturated heterocycles. The number of halogens is 2. The lowest BCUT2D eigenvalue weighted by Gasteiger charge is -2.16. The van der Waals surface area contributed by atoms with Gasteiger partial charge in [-0.05, 0) is 28.1 Å². The number of hydrogen-bond donors (Lipinski definition) is 1. The van der Waals surface area contributed by atoms with Gasteiger partial charge in [-0.3, -0.25) is 9.59 Å². The van der Waals surface area contributed by atoms with Crippen molar-refractivity contribution in [2.45, 2.75) is 20.8 Å². The smallest absolute Gasteiger partial charge is 0.254 e. The van der Waals surface area contributed by atoms with Crippen molar-refractivity contribution in [2.75, 3.05) is 6.54 Å². The molecule has 0 spiro atoms. The third kappa shape index (κ3) is 3.63. The van der Waals surface area contributed by atoms with Gasteiger partial charge in [-0.1, -0.05) is 26.8 Å². The Morgan fingerprint density at radius 1 is 1.33 bits per heavy atom. The fourth-order valence-electron chi connectivity index (χ4n) is 1.20. The summed E-state index contributed by atoms with van der Waals surface area (Å²) in [7, 11) is 0. The molecule has 0 saturated carbocycles. The molecule has 0 aliphatic carbocycles. The first kappa shape index (κ1) is 14.8. The third-order valence-corrected chi connectivity index (χ3v) is 3.05.